The van der Waals surface area contributed by atoms with Gasteiger partial charge in [-0.1, -0.05) is 40.5 Å². The Bertz CT molecular complexity index is 1100. The second-order valence-corrected chi connectivity index (χ2v) is 10.4. The Balaban J connectivity index is 1.82. The first-order valence-electron chi connectivity index (χ1n) is 9.68. The van der Waals surface area contributed by atoms with Crippen LogP contribution in [0.4, 0.5) is 5.88 Å². The second kappa shape index (κ2) is 7.95. The Morgan fingerprint density at radius 1 is 1.03 bits per heavy atom. The van der Waals surface area contributed by atoms with Crippen LogP contribution >= 0.6 is 15.9 Å². The van der Waals surface area contributed by atoms with Gasteiger partial charge < -0.3 is 9.32 Å². The smallest absolute Gasteiger partial charge is 0.236 e. The number of hydrogen-bond donors (Lipinski definition) is 0. The van der Waals surface area contributed by atoms with Crippen LogP contribution in [0.5, 0.6) is 0 Å². The number of aryl methyl sites for hydroxylation is 1. The predicted molar refractivity (Wildman–Crippen MR) is 117 cm³/mol. The molecule has 0 atom stereocenters. The van der Waals surface area contributed by atoms with Crippen molar-refractivity contribution >= 4 is 31.7 Å². The number of sulfone groups is 1. The molecule has 0 radical (unpaired) electrons. The first-order valence-corrected chi connectivity index (χ1v) is 12.0. The van der Waals surface area contributed by atoms with Crippen molar-refractivity contribution < 1.29 is 12.8 Å². The minimum atomic E-state index is -3.80. The van der Waals surface area contributed by atoms with E-state index in [9.17, 15) is 8.42 Å². The van der Waals surface area contributed by atoms with Crippen LogP contribution < -0.4 is 4.90 Å². The number of benzene rings is 2. The molecule has 1 aliphatic heterocycles. The van der Waals surface area contributed by atoms with Crippen LogP contribution in [0.2, 0.25) is 0 Å². The summed E-state index contributed by atoms with van der Waals surface area (Å²) in [5.41, 5.74) is 1.75. The molecule has 152 valence electrons. The molecule has 2 aromatic carbocycles. The van der Waals surface area contributed by atoms with Crippen molar-refractivity contribution in [2.45, 2.75) is 36.6 Å². The molecule has 0 amide bonds. The third-order valence-corrected chi connectivity index (χ3v) is 7.52. The zero-order chi connectivity index (χ0) is 20.6. The van der Waals surface area contributed by atoms with Gasteiger partial charge in [0.25, 0.3) is 0 Å². The maximum Gasteiger partial charge on any atom is 0.236 e. The van der Waals surface area contributed by atoms with Gasteiger partial charge in [-0.3, -0.25) is 0 Å². The third kappa shape index (κ3) is 4.12. The van der Waals surface area contributed by atoms with Crippen LogP contribution in [0.1, 0.15) is 25.3 Å². The van der Waals surface area contributed by atoms with Crippen molar-refractivity contribution in [3.05, 3.63) is 58.6 Å². The number of oxazole rings is 1. The quantitative estimate of drug-likeness (QED) is 0.500. The summed E-state index contributed by atoms with van der Waals surface area (Å²) in [4.78, 5) is 6.70. The van der Waals surface area contributed by atoms with Crippen LogP contribution in [-0.4, -0.2) is 26.5 Å². The van der Waals surface area contributed by atoms with Gasteiger partial charge in [0.05, 0.1) is 4.90 Å². The van der Waals surface area contributed by atoms with E-state index in [0.717, 1.165) is 41.5 Å². The molecule has 1 aromatic heterocycles. The number of rotatable bonds is 4. The van der Waals surface area contributed by atoms with Gasteiger partial charge in [-0.2, -0.15) is 4.98 Å². The van der Waals surface area contributed by atoms with E-state index in [2.05, 4.69) is 27.8 Å². The molecule has 0 aliphatic carbocycles. The van der Waals surface area contributed by atoms with Crippen LogP contribution in [0.3, 0.4) is 0 Å². The van der Waals surface area contributed by atoms with E-state index in [0.29, 0.717) is 17.7 Å². The Kier molecular flexibility index (Phi) is 5.53. The zero-order valence-corrected chi connectivity index (χ0v) is 18.8. The number of nitrogens with zero attached hydrogens (tertiary/aromatic N) is 2. The topological polar surface area (TPSA) is 63.4 Å². The number of anilines is 1. The Morgan fingerprint density at radius 2 is 1.66 bits per heavy atom. The lowest BCUT2D eigenvalue weighted by molar-refractivity contribution is 0.415. The van der Waals surface area contributed by atoms with Gasteiger partial charge in [0.2, 0.25) is 26.6 Å². The molecule has 1 fully saturated rings. The average Bonchev–Trinajstić information content (AvgIpc) is 3.16. The summed E-state index contributed by atoms with van der Waals surface area (Å²) in [5, 5.41) is -0.00572. The monoisotopic (exact) mass is 474 g/mol. The highest BCUT2D eigenvalue weighted by Crippen LogP contribution is 2.36. The van der Waals surface area contributed by atoms with Crippen molar-refractivity contribution in [1.29, 1.82) is 0 Å². The van der Waals surface area contributed by atoms with Gasteiger partial charge >= 0.3 is 0 Å². The highest BCUT2D eigenvalue weighted by atomic mass is 79.9. The summed E-state index contributed by atoms with van der Waals surface area (Å²) in [6.07, 6.45) is 2.00. The molecular formula is C22H23BrN2O3S. The summed E-state index contributed by atoms with van der Waals surface area (Å²) in [6, 6.07) is 14.3. The van der Waals surface area contributed by atoms with E-state index >= 15 is 0 Å². The van der Waals surface area contributed by atoms with Crippen molar-refractivity contribution in [2.75, 3.05) is 18.0 Å². The summed E-state index contributed by atoms with van der Waals surface area (Å²) < 4.78 is 33.8. The fourth-order valence-electron chi connectivity index (χ4n) is 3.43. The van der Waals surface area contributed by atoms with E-state index in [1.807, 2.05) is 36.1 Å². The van der Waals surface area contributed by atoms with Crippen molar-refractivity contribution in [3.63, 3.8) is 0 Å². The Morgan fingerprint density at radius 3 is 2.28 bits per heavy atom. The van der Waals surface area contributed by atoms with Gasteiger partial charge in [-0.25, -0.2) is 8.42 Å². The minimum Gasteiger partial charge on any atom is -0.419 e. The maximum absolute atomic E-state index is 13.4. The first-order chi connectivity index (χ1) is 13.8. The molecule has 4 rings (SSSR count). The standard InChI is InChI=1S/C22H23BrN2O3S/c1-15-3-9-19(10-4-15)29(26,27)21-22(25-13-11-16(2)12-14-25)28-20(24-21)17-5-7-18(23)8-6-17/h3-10,16H,11-14H2,1-2H3. The number of aromatic nitrogens is 1. The molecule has 7 heteroatoms. The van der Waals surface area contributed by atoms with E-state index < -0.39 is 9.84 Å². The van der Waals surface area contributed by atoms with E-state index in [4.69, 9.17) is 4.42 Å². The second-order valence-electron chi connectivity index (χ2n) is 7.62. The van der Waals surface area contributed by atoms with Crippen molar-refractivity contribution in [3.8, 4) is 11.5 Å². The third-order valence-electron chi connectivity index (χ3n) is 5.33. The van der Waals surface area contributed by atoms with Crippen LogP contribution in [0, 0.1) is 12.8 Å². The SMILES string of the molecule is Cc1ccc(S(=O)(=O)c2nc(-c3ccc(Br)cc3)oc2N2CCC(C)CC2)cc1. The molecule has 0 N–H and O–H groups in total. The molecule has 1 aliphatic rings. The lowest BCUT2D eigenvalue weighted by Gasteiger charge is -2.30. The zero-order valence-electron chi connectivity index (χ0n) is 16.4. The Hall–Kier alpha value is -2.12. The predicted octanol–water partition coefficient (Wildman–Crippen LogP) is 5.48. The number of halogens is 1. The molecule has 3 aromatic rings. The van der Waals surface area contributed by atoms with Gasteiger partial charge in [0.15, 0.2) is 0 Å². The molecule has 29 heavy (non-hydrogen) atoms. The van der Waals surface area contributed by atoms with E-state index in [1.165, 1.54) is 0 Å². The summed E-state index contributed by atoms with van der Waals surface area (Å²) in [7, 11) is -3.80. The van der Waals surface area contributed by atoms with Crippen LogP contribution in [-0.2, 0) is 9.84 Å². The Labute approximate surface area is 179 Å². The van der Waals surface area contributed by atoms with E-state index in [-0.39, 0.29) is 9.92 Å². The summed E-state index contributed by atoms with van der Waals surface area (Å²) in [6.45, 7) is 5.66. The lowest BCUT2D eigenvalue weighted by atomic mass is 9.99. The van der Waals surface area contributed by atoms with Crippen molar-refractivity contribution in [2.24, 2.45) is 5.92 Å². The average molecular weight is 475 g/mol. The normalized spacial score (nSPS) is 15.6. The molecule has 0 unspecified atom stereocenters. The van der Waals surface area contributed by atoms with Gasteiger partial charge in [0, 0.05) is 23.1 Å². The lowest BCUT2D eigenvalue weighted by Crippen LogP contribution is -2.33. The van der Waals surface area contributed by atoms with E-state index in [1.54, 1.807) is 24.3 Å². The van der Waals surface area contributed by atoms with Crippen molar-refractivity contribution in [1.82, 2.24) is 4.98 Å². The summed E-state index contributed by atoms with van der Waals surface area (Å²) >= 11 is 3.42. The van der Waals surface area contributed by atoms with Crippen LogP contribution in [0.25, 0.3) is 11.5 Å². The molecule has 0 spiro atoms. The molecular weight excluding hydrogens is 452 g/mol. The fraction of sp³-hybridized carbons (Fsp3) is 0.318. The number of hydrogen-bond acceptors (Lipinski definition) is 5. The molecule has 0 saturated carbocycles. The minimum absolute atomic E-state index is 0.00572. The fourth-order valence-corrected chi connectivity index (χ4v) is 5.02. The highest BCUT2D eigenvalue weighted by Gasteiger charge is 2.32. The highest BCUT2D eigenvalue weighted by molar-refractivity contribution is 9.10. The molecule has 1 saturated heterocycles. The molecule has 0 bridgehead atoms. The largest absolute Gasteiger partial charge is 0.419 e. The molecule has 5 nitrogen and oxygen atoms in total. The number of piperidine rings is 1. The van der Waals surface area contributed by atoms with Gasteiger partial charge in [-0.05, 0) is 62.1 Å². The van der Waals surface area contributed by atoms with Gasteiger partial charge in [0.1, 0.15) is 0 Å². The van der Waals surface area contributed by atoms with Gasteiger partial charge in [-0.15, -0.1) is 0 Å². The molecule has 2 heterocycles. The van der Waals surface area contributed by atoms with Crippen LogP contribution in [0.15, 0.2) is 67.3 Å². The maximum atomic E-state index is 13.4. The summed E-state index contributed by atoms with van der Waals surface area (Å²) in [5.74, 6) is 1.28. The first kappa shape index (κ1) is 20.2.